The fourth-order valence-electron chi connectivity index (χ4n) is 1.62. The smallest absolute Gasteiger partial charge is 0.291 e. The minimum atomic E-state index is -3.74. The molecule has 0 spiro atoms. The van der Waals surface area contributed by atoms with E-state index in [0.29, 0.717) is 0 Å². The van der Waals surface area contributed by atoms with Gasteiger partial charge in [0.1, 0.15) is 5.75 Å². The maximum absolute atomic E-state index is 12.0. The normalized spacial score (nSPS) is 11.3. The van der Waals surface area contributed by atoms with Gasteiger partial charge in [-0.15, -0.1) is 0 Å². The second kappa shape index (κ2) is 5.58. The number of benzene rings is 1. The Morgan fingerprint density at radius 2 is 1.95 bits per heavy atom. The zero-order valence-corrected chi connectivity index (χ0v) is 12.2. The molecule has 1 heterocycles. The van der Waals surface area contributed by atoms with Crippen molar-refractivity contribution in [3.8, 4) is 5.75 Å². The summed E-state index contributed by atoms with van der Waals surface area (Å²) in [6, 6.07) is 7.14. The van der Waals surface area contributed by atoms with E-state index in [4.69, 9.17) is 4.42 Å². The monoisotopic (exact) mass is 310 g/mol. The standard InChI is InChI=1S/C13H14N2O5S/c1-8-3-4-10(16)9(7-8)15-13(17)11-5-6-12(20-11)21(18,19)14-2/h3-7,14,16H,1-2H3,(H,15,17). The van der Waals surface area contributed by atoms with Crippen molar-refractivity contribution < 1.29 is 22.7 Å². The molecule has 0 atom stereocenters. The van der Waals surface area contributed by atoms with Crippen molar-refractivity contribution in [2.45, 2.75) is 12.0 Å². The number of rotatable bonds is 4. The van der Waals surface area contributed by atoms with E-state index in [1.165, 1.54) is 25.2 Å². The van der Waals surface area contributed by atoms with Gasteiger partial charge in [0.15, 0.2) is 5.76 Å². The number of hydrogen-bond acceptors (Lipinski definition) is 5. The number of furan rings is 1. The van der Waals surface area contributed by atoms with Crippen LogP contribution >= 0.6 is 0 Å². The number of hydrogen-bond donors (Lipinski definition) is 3. The predicted molar refractivity (Wildman–Crippen MR) is 75.8 cm³/mol. The molecule has 0 aliphatic carbocycles. The van der Waals surface area contributed by atoms with E-state index in [0.717, 1.165) is 5.56 Å². The fourth-order valence-corrected chi connectivity index (χ4v) is 2.27. The number of phenolic OH excluding ortho intramolecular Hbond substituents is 1. The van der Waals surface area contributed by atoms with Crippen molar-refractivity contribution in [2.24, 2.45) is 0 Å². The maximum Gasteiger partial charge on any atom is 0.291 e. The summed E-state index contributed by atoms with van der Waals surface area (Å²) in [7, 11) is -2.51. The summed E-state index contributed by atoms with van der Waals surface area (Å²) in [4.78, 5) is 12.0. The second-order valence-corrected chi connectivity index (χ2v) is 6.12. The molecule has 0 bridgehead atoms. The zero-order valence-electron chi connectivity index (χ0n) is 11.4. The molecule has 1 aromatic heterocycles. The molecule has 3 N–H and O–H groups in total. The van der Waals surface area contributed by atoms with Crippen molar-refractivity contribution in [1.82, 2.24) is 4.72 Å². The van der Waals surface area contributed by atoms with Crippen LogP contribution in [-0.2, 0) is 10.0 Å². The van der Waals surface area contributed by atoms with E-state index < -0.39 is 15.9 Å². The van der Waals surface area contributed by atoms with E-state index >= 15 is 0 Å². The van der Waals surface area contributed by atoms with Crippen LogP contribution in [0, 0.1) is 6.92 Å². The van der Waals surface area contributed by atoms with Crippen LogP contribution in [0.4, 0.5) is 5.69 Å². The van der Waals surface area contributed by atoms with E-state index in [1.807, 2.05) is 0 Å². The van der Waals surface area contributed by atoms with Crippen molar-refractivity contribution >= 4 is 21.6 Å². The van der Waals surface area contributed by atoms with Crippen LogP contribution in [0.15, 0.2) is 39.8 Å². The van der Waals surface area contributed by atoms with Gasteiger partial charge >= 0.3 is 0 Å². The lowest BCUT2D eigenvalue weighted by Gasteiger charge is -2.06. The Bertz CT molecular complexity index is 780. The van der Waals surface area contributed by atoms with Crippen LogP contribution in [0.1, 0.15) is 16.1 Å². The topological polar surface area (TPSA) is 109 Å². The molecular formula is C13H14N2O5S. The Balaban J connectivity index is 2.24. The molecule has 2 rings (SSSR count). The third-order valence-electron chi connectivity index (χ3n) is 2.74. The maximum atomic E-state index is 12.0. The molecule has 0 saturated heterocycles. The number of carbonyl (C=O) groups excluding carboxylic acids is 1. The van der Waals surface area contributed by atoms with E-state index in [-0.39, 0.29) is 22.3 Å². The van der Waals surface area contributed by atoms with Gasteiger partial charge in [-0.2, -0.15) is 0 Å². The van der Waals surface area contributed by atoms with Crippen molar-refractivity contribution in [3.05, 3.63) is 41.7 Å². The summed E-state index contributed by atoms with van der Waals surface area (Å²) in [6.45, 7) is 1.81. The summed E-state index contributed by atoms with van der Waals surface area (Å²) in [5.41, 5.74) is 1.07. The largest absolute Gasteiger partial charge is 0.506 e. The Labute approximate surface area is 121 Å². The Hall–Kier alpha value is -2.32. The van der Waals surface area contributed by atoms with Crippen molar-refractivity contribution in [3.63, 3.8) is 0 Å². The van der Waals surface area contributed by atoms with Crippen molar-refractivity contribution in [2.75, 3.05) is 12.4 Å². The Morgan fingerprint density at radius 3 is 2.62 bits per heavy atom. The van der Waals surface area contributed by atoms with E-state index in [2.05, 4.69) is 10.0 Å². The van der Waals surface area contributed by atoms with Crippen LogP contribution in [0.5, 0.6) is 5.75 Å². The third-order valence-corrected chi connectivity index (χ3v) is 4.03. The lowest BCUT2D eigenvalue weighted by atomic mass is 10.2. The van der Waals surface area contributed by atoms with Gasteiger partial charge in [-0.05, 0) is 43.8 Å². The number of anilines is 1. The highest BCUT2D eigenvalue weighted by Gasteiger charge is 2.20. The van der Waals surface area contributed by atoms with Crippen LogP contribution in [0.25, 0.3) is 0 Å². The summed E-state index contributed by atoms with van der Waals surface area (Å²) in [5, 5.41) is 11.7. The highest BCUT2D eigenvalue weighted by Crippen LogP contribution is 2.25. The minimum absolute atomic E-state index is 0.0939. The number of aromatic hydroxyl groups is 1. The third kappa shape index (κ3) is 3.23. The first-order chi connectivity index (χ1) is 9.83. The van der Waals surface area contributed by atoms with Gasteiger partial charge in [0.2, 0.25) is 5.09 Å². The molecule has 0 aliphatic rings. The SMILES string of the molecule is CNS(=O)(=O)c1ccc(C(=O)Nc2cc(C)ccc2O)o1. The first-order valence-electron chi connectivity index (χ1n) is 5.98. The number of sulfonamides is 1. The molecule has 0 unspecified atom stereocenters. The molecule has 0 fully saturated rings. The van der Waals surface area contributed by atoms with Gasteiger partial charge in [-0.25, -0.2) is 13.1 Å². The van der Waals surface area contributed by atoms with Crippen molar-refractivity contribution in [1.29, 1.82) is 0 Å². The lowest BCUT2D eigenvalue weighted by molar-refractivity contribution is 0.0991. The molecular weight excluding hydrogens is 296 g/mol. The molecule has 0 radical (unpaired) electrons. The van der Waals surface area contributed by atoms with Crippen LogP contribution in [0.3, 0.4) is 0 Å². The average molecular weight is 310 g/mol. The molecule has 1 aromatic carbocycles. The summed E-state index contributed by atoms with van der Waals surface area (Å²) < 4.78 is 30.1. The van der Waals surface area contributed by atoms with Gasteiger partial charge in [-0.3, -0.25) is 4.79 Å². The average Bonchev–Trinajstić information content (AvgIpc) is 2.93. The van der Waals surface area contributed by atoms with E-state index in [9.17, 15) is 18.3 Å². The number of carbonyl (C=O) groups is 1. The van der Waals surface area contributed by atoms with Crippen LogP contribution < -0.4 is 10.0 Å². The number of nitrogens with one attached hydrogen (secondary N) is 2. The van der Waals surface area contributed by atoms with Gasteiger partial charge in [0.05, 0.1) is 5.69 Å². The van der Waals surface area contributed by atoms with Crippen LogP contribution in [0.2, 0.25) is 0 Å². The molecule has 0 saturated carbocycles. The molecule has 2 aromatic rings. The zero-order chi connectivity index (χ0) is 15.6. The predicted octanol–water partition coefficient (Wildman–Crippen LogP) is 1.45. The summed E-state index contributed by atoms with van der Waals surface area (Å²) >= 11 is 0. The number of aryl methyl sites for hydroxylation is 1. The first-order valence-corrected chi connectivity index (χ1v) is 7.46. The Morgan fingerprint density at radius 1 is 1.24 bits per heavy atom. The highest BCUT2D eigenvalue weighted by atomic mass is 32.2. The quantitative estimate of drug-likeness (QED) is 0.741. The van der Waals surface area contributed by atoms with E-state index in [1.54, 1.807) is 19.1 Å². The molecule has 7 nitrogen and oxygen atoms in total. The van der Waals surface area contributed by atoms with Crippen LogP contribution in [-0.4, -0.2) is 26.5 Å². The number of amides is 1. The molecule has 0 aliphatic heterocycles. The summed E-state index contributed by atoms with van der Waals surface area (Å²) in [6.07, 6.45) is 0. The number of phenols is 1. The van der Waals surface area contributed by atoms with Gasteiger partial charge in [0, 0.05) is 0 Å². The molecule has 21 heavy (non-hydrogen) atoms. The van der Waals surface area contributed by atoms with Gasteiger partial charge in [0.25, 0.3) is 15.9 Å². The first kappa shape index (κ1) is 15.1. The fraction of sp³-hybridized carbons (Fsp3) is 0.154. The summed E-state index contributed by atoms with van der Waals surface area (Å²) in [5.74, 6) is -0.929. The minimum Gasteiger partial charge on any atom is -0.506 e. The molecule has 8 heteroatoms. The van der Waals surface area contributed by atoms with Gasteiger partial charge in [-0.1, -0.05) is 6.07 Å². The van der Waals surface area contributed by atoms with Gasteiger partial charge < -0.3 is 14.8 Å². The molecule has 112 valence electrons. The lowest BCUT2D eigenvalue weighted by Crippen LogP contribution is -2.18. The Kier molecular flexibility index (Phi) is 4.01. The highest BCUT2D eigenvalue weighted by molar-refractivity contribution is 7.89. The second-order valence-electron chi connectivity index (χ2n) is 4.30. The molecule has 1 amide bonds.